The van der Waals surface area contributed by atoms with Crippen molar-refractivity contribution < 1.29 is 17.9 Å². The number of nitrogens with one attached hydrogen (secondary N) is 1. The summed E-state index contributed by atoms with van der Waals surface area (Å²) in [6.45, 7) is 4.14. The molecule has 0 bridgehead atoms. The van der Waals surface area contributed by atoms with Crippen LogP contribution < -0.4 is 14.4 Å². The predicted octanol–water partition coefficient (Wildman–Crippen LogP) is 3.25. The van der Waals surface area contributed by atoms with Crippen LogP contribution in [0.5, 0.6) is 5.75 Å². The maximum atomic E-state index is 12.5. The van der Waals surface area contributed by atoms with Crippen molar-refractivity contribution in [3.63, 3.8) is 0 Å². The number of amides is 1. The summed E-state index contributed by atoms with van der Waals surface area (Å²) in [4.78, 5) is 12.5. The lowest BCUT2D eigenvalue weighted by Gasteiger charge is -2.28. The van der Waals surface area contributed by atoms with Gasteiger partial charge >= 0.3 is 0 Å². The van der Waals surface area contributed by atoms with E-state index in [1.807, 2.05) is 24.3 Å². The highest BCUT2D eigenvalue weighted by Gasteiger charge is 2.29. The molecule has 0 saturated carbocycles. The second-order valence-electron chi connectivity index (χ2n) is 6.35. The zero-order valence-corrected chi connectivity index (χ0v) is 17.8. The first-order chi connectivity index (χ1) is 13.2. The summed E-state index contributed by atoms with van der Waals surface area (Å²) >= 11 is 5.96. The fraction of sp³-hybridized carbons (Fsp3) is 0.350. The van der Waals surface area contributed by atoms with E-state index in [9.17, 15) is 13.2 Å². The van der Waals surface area contributed by atoms with Crippen molar-refractivity contribution in [2.75, 3.05) is 23.7 Å². The van der Waals surface area contributed by atoms with Crippen LogP contribution in [0.25, 0.3) is 0 Å². The molecule has 0 saturated heterocycles. The molecule has 6 nitrogen and oxygen atoms in total. The van der Waals surface area contributed by atoms with Crippen LogP contribution in [0.3, 0.4) is 0 Å². The Bertz CT molecular complexity index is 901. The first kappa shape index (κ1) is 22.0. The number of rotatable bonds is 9. The van der Waals surface area contributed by atoms with Gasteiger partial charge in [0.1, 0.15) is 18.4 Å². The summed E-state index contributed by atoms with van der Waals surface area (Å²) in [5, 5.41) is 3.10. The van der Waals surface area contributed by atoms with Crippen LogP contribution in [0.4, 0.5) is 5.69 Å². The van der Waals surface area contributed by atoms with Gasteiger partial charge in [-0.3, -0.25) is 9.10 Å². The van der Waals surface area contributed by atoms with Gasteiger partial charge in [-0.2, -0.15) is 0 Å². The smallest absolute Gasteiger partial charge is 0.243 e. The monoisotopic (exact) mass is 424 g/mol. The van der Waals surface area contributed by atoms with Gasteiger partial charge < -0.3 is 10.1 Å². The molecule has 1 atom stereocenters. The van der Waals surface area contributed by atoms with E-state index in [-0.39, 0.29) is 13.2 Å². The van der Waals surface area contributed by atoms with Crippen molar-refractivity contribution in [2.24, 2.45) is 0 Å². The molecule has 0 aliphatic heterocycles. The summed E-state index contributed by atoms with van der Waals surface area (Å²) in [6.07, 6.45) is 2.01. The molecular weight excluding hydrogens is 400 g/mol. The van der Waals surface area contributed by atoms with Crippen LogP contribution >= 0.6 is 11.6 Å². The number of benzene rings is 2. The Morgan fingerprint density at radius 3 is 2.46 bits per heavy atom. The molecule has 1 amide bonds. The molecule has 28 heavy (non-hydrogen) atoms. The average molecular weight is 425 g/mol. The van der Waals surface area contributed by atoms with Crippen LogP contribution in [0, 0.1) is 0 Å². The number of aryl methyl sites for hydroxylation is 1. The maximum absolute atomic E-state index is 12.5. The minimum atomic E-state index is -3.68. The number of halogens is 1. The van der Waals surface area contributed by atoms with Crippen molar-refractivity contribution in [1.29, 1.82) is 0 Å². The van der Waals surface area contributed by atoms with Crippen molar-refractivity contribution in [3.8, 4) is 5.75 Å². The van der Waals surface area contributed by atoms with Crippen molar-refractivity contribution in [3.05, 3.63) is 59.1 Å². The molecule has 152 valence electrons. The van der Waals surface area contributed by atoms with Crippen molar-refractivity contribution >= 4 is 33.2 Å². The quantitative estimate of drug-likeness (QED) is 0.627. The van der Waals surface area contributed by atoms with E-state index in [1.165, 1.54) is 18.6 Å². The number of hydrogen-bond donors (Lipinski definition) is 1. The third kappa shape index (κ3) is 6.14. The van der Waals surface area contributed by atoms with Crippen LogP contribution in [0.15, 0.2) is 48.5 Å². The molecule has 2 aromatic carbocycles. The number of anilines is 1. The predicted molar refractivity (Wildman–Crippen MR) is 113 cm³/mol. The van der Waals surface area contributed by atoms with Gasteiger partial charge in [0.05, 0.1) is 18.5 Å². The fourth-order valence-corrected chi connectivity index (χ4v) is 4.09. The molecule has 1 unspecified atom stereocenters. The standard InChI is InChI=1S/C20H25ClN2O4S/c1-4-16-8-10-19(11-9-16)27-13-12-22-20(24)15(2)23(28(3,25)26)18-7-5-6-17(21)14-18/h5-11,14-15H,4,12-13H2,1-3H3,(H,22,24). The van der Waals surface area contributed by atoms with Gasteiger partial charge in [0, 0.05) is 5.02 Å². The molecule has 0 aliphatic rings. The third-order valence-corrected chi connectivity index (χ3v) is 5.63. The van der Waals surface area contributed by atoms with Crippen LogP contribution in [0.1, 0.15) is 19.4 Å². The zero-order chi connectivity index (χ0) is 20.7. The van der Waals surface area contributed by atoms with E-state index in [0.29, 0.717) is 10.7 Å². The SMILES string of the molecule is CCc1ccc(OCCNC(=O)C(C)N(c2cccc(Cl)c2)S(C)(=O)=O)cc1. The summed E-state index contributed by atoms with van der Waals surface area (Å²) in [5.41, 5.74) is 1.56. The highest BCUT2D eigenvalue weighted by Crippen LogP contribution is 2.24. The van der Waals surface area contributed by atoms with E-state index in [4.69, 9.17) is 16.3 Å². The lowest BCUT2D eigenvalue weighted by Crippen LogP contribution is -2.48. The Labute approximate surface area is 171 Å². The summed E-state index contributed by atoms with van der Waals surface area (Å²) in [5.74, 6) is 0.298. The van der Waals surface area contributed by atoms with Gasteiger partial charge in [-0.1, -0.05) is 36.7 Å². The average Bonchev–Trinajstić information content (AvgIpc) is 2.64. The summed E-state index contributed by atoms with van der Waals surface area (Å²) in [6, 6.07) is 13.2. The van der Waals surface area contributed by atoms with Gasteiger partial charge in [0.25, 0.3) is 0 Å². The molecule has 2 aromatic rings. The topological polar surface area (TPSA) is 75.7 Å². The highest BCUT2D eigenvalue weighted by molar-refractivity contribution is 7.92. The third-order valence-electron chi connectivity index (χ3n) is 4.15. The zero-order valence-electron chi connectivity index (χ0n) is 16.2. The number of hydrogen-bond acceptors (Lipinski definition) is 4. The van der Waals surface area contributed by atoms with Gasteiger partial charge in [0.2, 0.25) is 15.9 Å². The molecule has 0 fully saturated rings. The number of carbonyl (C=O) groups excluding carboxylic acids is 1. The van der Waals surface area contributed by atoms with Crippen molar-refractivity contribution in [2.45, 2.75) is 26.3 Å². The van der Waals surface area contributed by atoms with Gasteiger partial charge in [-0.25, -0.2) is 8.42 Å². The first-order valence-electron chi connectivity index (χ1n) is 8.96. The van der Waals surface area contributed by atoms with Crippen LogP contribution in [-0.2, 0) is 21.2 Å². The number of ether oxygens (including phenoxy) is 1. The minimum Gasteiger partial charge on any atom is -0.492 e. The lowest BCUT2D eigenvalue weighted by atomic mass is 10.2. The number of carbonyl (C=O) groups is 1. The normalized spacial score (nSPS) is 12.3. The number of nitrogens with zero attached hydrogens (tertiary/aromatic N) is 1. The fourth-order valence-electron chi connectivity index (χ4n) is 2.73. The van der Waals surface area contributed by atoms with Crippen LogP contribution in [0.2, 0.25) is 5.02 Å². The summed E-state index contributed by atoms with van der Waals surface area (Å²) < 4.78 is 31.1. The molecule has 8 heteroatoms. The van der Waals surface area contributed by atoms with Crippen LogP contribution in [-0.4, -0.2) is 39.8 Å². The number of sulfonamides is 1. The first-order valence-corrected chi connectivity index (χ1v) is 11.2. The molecule has 0 heterocycles. The molecule has 0 aliphatic carbocycles. The van der Waals surface area contributed by atoms with E-state index in [2.05, 4.69) is 12.2 Å². The van der Waals surface area contributed by atoms with Crippen molar-refractivity contribution in [1.82, 2.24) is 5.32 Å². The van der Waals surface area contributed by atoms with E-state index in [1.54, 1.807) is 18.2 Å². The Hall–Kier alpha value is -2.25. The Morgan fingerprint density at radius 1 is 1.21 bits per heavy atom. The maximum Gasteiger partial charge on any atom is 0.243 e. The second-order valence-corrected chi connectivity index (χ2v) is 8.65. The highest BCUT2D eigenvalue weighted by atomic mass is 35.5. The lowest BCUT2D eigenvalue weighted by molar-refractivity contribution is -0.121. The van der Waals surface area contributed by atoms with Gasteiger partial charge in [0.15, 0.2) is 0 Å². The Kier molecular flexibility index (Phi) is 7.71. The Balaban J connectivity index is 1.95. The minimum absolute atomic E-state index is 0.256. The van der Waals surface area contributed by atoms with E-state index in [0.717, 1.165) is 22.7 Å². The van der Waals surface area contributed by atoms with E-state index >= 15 is 0 Å². The second kappa shape index (κ2) is 9.80. The molecule has 0 spiro atoms. The van der Waals surface area contributed by atoms with Gasteiger partial charge in [-0.15, -0.1) is 0 Å². The molecule has 0 aromatic heterocycles. The molecular formula is C20H25ClN2O4S. The molecule has 1 N–H and O–H groups in total. The van der Waals surface area contributed by atoms with Gasteiger partial charge in [-0.05, 0) is 49.2 Å². The largest absolute Gasteiger partial charge is 0.492 e. The van der Waals surface area contributed by atoms with E-state index < -0.39 is 22.0 Å². The molecule has 0 radical (unpaired) electrons. The molecule has 2 rings (SSSR count). The Morgan fingerprint density at radius 2 is 1.89 bits per heavy atom. The summed E-state index contributed by atoms with van der Waals surface area (Å²) in [7, 11) is -3.68.